The van der Waals surface area contributed by atoms with Crippen molar-refractivity contribution in [3.8, 4) is 0 Å². The van der Waals surface area contributed by atoms with Gasteiger partial charge in [0.25, 0.3) is 0 Å². The minimum absolute atomic E-state index is 0.0207. The van der Waals surface area contributed by atoms with Gasteiger partial charge < -0.3 is 10.3 Å². The summed E-state index contributed by atoms with van der Waals surface area (Å²) < 4.78 is 0. The standard InChI is InChI=1S/C11H17N3O/c1-4-11-13-8(2)10(14-11)6-5-7-12-9(3)15/h5-6H,4,7H2,1-3H3,(H,12,15)(H,13,14). The molecule has 0 aromatic carbocycles. The smallest absolute Gasteiger partial charge is 0.217 e. The Kier molecular flexibility index (Phi) is 4.09. The number of rotatable bonds is 4. The summed E-state index contributed by atoms with van der Waals surface area (Å²) in [5, 5.41) is 2.69. The predicted octanol–water partition coefficient (Wildman–Crippen LogP) is 1.43. The number of aryl methyl sites for hydroxylation is 2. The lowest BCUT2D eigenvalue weighted by Crippen LogP contribution is -2.19. The van der Waals surface area contributed by atoms with Gasteiger partial charge in [0.2, 0.25) is 5.91 Å². The van der Waals surface area contributed by atoms with E-state index in [0.717, 1.165) is 23.6 Å². The summed E-state index contributed by atoms with van der Waals surface area (Å²) in [5.41, 5.74) is 2.00. The maximum Gasteiger partial charge on any atom is 0.217 e. The highest BCUT2D eigenvalue weighted by atomic mass is 16.1. The summed E-state index contributed by atoms with van der Waals surface area (Å²) in [6, 6.07) is 0. The molecule has 1 aromatic heterocycles. The molecular weight excluding hydrogens is 190 g/mol. The van der Waals surface area contributed by atoms with Crippen LogP contribution in [-0.4, -0.2) is 22.4 Å². The number of carbonyl (C=O) groups is 1. The van der Waals surface area contributed by atoms with Gasteiger partial charge in [-0.25, -0.2) is 4.98 Å². The maximum absolute atomic E-state index is 10.6. The van der Waals surface area contributed by atoms with Crippen molar-refractivity contribution < 1.29 is 4.79 Å². The maximum atomic E-state index is 10.6. The molecule has 4 nitrogen and oxygen atoms in total. The first-order valence-corrected chi connectivity index (χ1v) is 5.10. The van der Waals surface area contributed by atoms with E-state index in [1.54, 1.807) is 0 Å². The fraction of sp³-hybridized carbons (Fsp3) is 0.455. The molecule has 2 N–H and O–H groups in total. The molecule has 1 heterocycles. The molecule has 0 spiro atoms. The second-order valence-corrected chi connectivity index (χ2v) is 3.39. The lowest BCUT2D eigenvalue weighted by atomic mass is 10.3. The lowest BCUT2D eigenvalue weighted by molar-refractivity contribution is -0.118. The Balaban J connectivity index is 2.55. The van der Waals surface area contributed by atoms with Crippen molar-refractivity contribution >= 4 is 12.0 Å². The fourth-order valence-corrected chi connectivity index (χ4v) is 1.24. The molecule has 0 saturated heterocycles. The van der Waals surface area contributed by atoms with E-state index in [1.807, 2.05) is 19.1 Å². The zero-order chi connectivity index (χ0) is 11.3. The normalized spacial score (nSPS) is 10.9. The third kappa shape index (κ3) is 3.58. The Hall–Kier alpha value is -1.58. The quantitative estimate of drug-likeness (QED) is 0.784. The molecule has 15 heavy (non-hydrogen) atoms. The Labute approximate surface area is 89.8 Å². The van der Waals surface area contributed by atoms with Gasteiger partial charge in [-0.15, -0.1) is 0 Å². The first-order chi connectivity index (χ1) is 7.13. The number of carbonyl (C=O) groups excluding carboxylic acids is 1. The van der Waals surface area contributed by atoms with Crippen LogP contribution in [0.25, 0.3) is 6.08 Å². The number of aromatic nitrogens is 2. The molecule has 4 heteroatoms. The van der Waals surface area contributed by atoms with E-state index in [0.29, 0.717) is 6.54 Å². The molecule has 0 aliphatic carbocycles. The largest absolute Gasteiger partial charge is 0.353 e. The average molecular weight is 207 g/mol. The molecule has 1 rings (SSSR count). The highest BCUT2D eigenvalue weighted by Gasteiger charge is 2.00. The highest BCUT2D eigenvalue weighted by Crippen LogP contribution is 2.06. The third-order valence-corrected chi connectivity index (χ3v) is 2.05. The number of hydrogen-bond acceptors (Lipinski definition) is 2. The molecular formula is C11H17N3O. The van der Waals surface area contributed by atoms with E-state index in [1.165, 1.54) is 6.92 Å². The van der Waals surface area contributed by atoms with E-state index in [2.05, 4.69) is 22.2 Å². The molecule has 0 radical (unpaired) electrons. The topological polar surface area (TPSA) is 57.8 Å². The van der Waals surface area contributed by atoms with Crippen molar-refractivity contribution in [3.63, 3.8) is 0 Å². The van der Waals surface area contributed by atoms with Crippen LogP contribution >= 0.6 is 0 Å². The minimum Gasteiger partial charge on any atom is -0.353 e. The van der Waals surface area contributed by atoms with E-state index < -0.39 is 0 Å². The van der Waals surface area contributed by atoms with Crippen LogP contribution in [0, 0.1) is 6.92 Å². The SMILES string of the molecule is CCc1nc(C=CCNC(C)=O)c(C)[nH]1. The fourth-order valence-electron chi connectivity index (χ4n) is 1.24. The van der Waals surface area contributed by atoms with Gasteiger partial charge >= 0.3 is 0 Å². The molecule has 82 valence electrons. The van der Waals surface area contributed by atoms with Crippen LogP contribution in [0.5, 0.6) is 0 Å². The first-order valence-electron chi connectivity index (χ1n) is 5.10. The summed E-state index contributed by atoms with van der Waals surface area (Å²) in [6.07, 6.45) is 4.71. The van der Waals surface area contributed by atoms with Gasteiger partial charge in [-0.3, -0.25) is 4.79 Å². The van der Waals surface area contributed by atoms with Crippen LogP contribution in [0.4, 0.5) is 0 Å². The molecule has 0 atom stereocenters. The van der Waals surface area contributed by atoms with E-state index in [4.69, 9.17) is 0 Å². The zero-order valence-corrected chi connectivity index (χ0v) is 9.42. The molecule has 0 unspecified atom stereocenters. The molecule has 0 aliphatic heterocycles. The second-order valence-electron chi connectivity index (χ2n) is 3.39. The van der Waals surface area contributed by atoms with Crippen molar-refractivity contribution in [2.24, 2.45) is 0 Å². The van der Waals surface area contributed by atoms with E-state index >= 15 is 0 Å². The van der Waals surface area contributed by atoms with Crippen molar-refractivity contribution in [1.29, 1.82) is 0 Å². The van der Waals surface area contributed by atoms with Crippen LogP contribution in [-0.2, 0) is 11.2 Å². The van der Waals surface area contributed by atoms with Gasteiger partial charge in [-0.2, -0.15) is 0 Å². The molecule has 0 bridgehead atoms. The summed E-state index contributed by atoms with van der Waals surface area (Å²) >= 11 is 0. The third-order valence-electron chi connectivity index (χ3n) is 2.05. The van der Waals surface area contributed by atoms with Gasteiger partial charge in [-0.05, 0) is 13.0 Å². The minimum atomic E-state index is -0.0207. The van der Waals surface area contributed by atoms with Crippen LogP contribution < -0.4 is 5.32 Å². The second kappa shape index (κ2) is 5.34. The number of nitrogens with zero attached hydrogens (tertiary/aromatic N) is 1. The van der Waals surface area contributed by atoms with Crippen LogP contribution in [0.3, 0.4) is 0 Å². The van der Waals surface area contributed by atoms with Gasteiger partial charge in [0.15, 0.2) is 0 Å². The zero-order valence-electron chi connectivity index (χ0n) is 9.42. The highest BCUT2D eigenvalue weighted by molar-refractivity contribution is 5.73. The summed E-state index contributed by atoms with van der Waals surface area (Å²) in [4.78, 5) is 18.2. The number of imidazole rings is 1. The van der Waals surface area contributed by atoms with Gasteiger partial charge in [0.1, 0.15) is 5.82 Å². The number of aromatic amines is 1. The summed E-state index contributed by atoms with van der Waals surface area (Å²) in [5.74, 6) is 0.972. The number of H-pyrrole nitrogens is 1. The van der Waals surface area contributed by atoms with Crippen LogP contribution in [0.2, 0.25) is 0 Å². The van der Waals surface area contributed by atoms with Crippen molar-refractivity contribution in [1.82, 2.24) is 15.3 Å². The average Bonchev–Trinajstić information content (AvgIpc) is 2.54. The summed E-state index contributed by atoms with van der Waals surface area (Å²) in [6.45, 7) is 6.10. The molecule has 0 saturated carbocycles. The van der Waals surface area contributed by atoms with Gasteiger partial charge in [-0.1, -0.05) is 13.0 Å². The number of hydrogen-bond donors (Lipinski definition) is 2. The lowest BCUT2D eigenvalue weighted by Gasteiger charge is -1.93. The van der Waals surface area contributed by atoms with Crippen molar-refractivity contribution in [3.05, 3.63) is 23.3 Å². The van der Waals surface area contributed by atoms with Crippen LogP contribution in [0.15, 0.2) is 6.08 Å². The molecule has 1 aromatic rings. The first kappa shape index (κ1) is 11.5. The number of nitrogens with one attached hydrogen (secondary N) is 2. The molecule has 0 aliphatic rings. The van der Waals surface area contributed by atoms with E-state index in [9.17, 15) is 4.79 Å². The van der Waals surface area contributed by atoms with Crippen molar-refractivity contribution in [2.45, 2.75) is 27.2 Å². The molecule has 0 fully saturated rings. The predicted molar refractivity (Wildman–Crippen MR) is 60.4 cm³/mol. The number of amides is 1. The molecule has 1 amide bonds. The summed E-state index contributed by atoms with van der Waals surface area (Å²) in [7, 11) is 0. The Morgan fingerprint density at radius 1 is 1.60 bits per heavy atom. The Morgan fingerprint density at radius 3 is 2.87 bits per heavy atom. The van der Waals surface area contributed by atoms with Gasteiger partial charge in [0, 0.05) is 25.6 Å². The van der Waals surface area contributed by atoms with Crippen molar-refractivity contribution in [2.75, 3.05) is 6.54 Å². The van der Waals surface area contributed by atoms with E-state index in [-0.39, 0.29) is 5.91 Å². The van der Waals surface area contributed by atoms with Crippen LogP contribution in [0.1, 0.15) is 31.1 Å². The Bertz CT molecular complexity index is 366. The Morgan fingerprint density at radius 2 is 2.33 bits per heavy atom. The van der Waals surface area contributed by atoms with Gasteiger partial charge in [0.05, 0.1) is 5.69 Å². The monoisotopic (exact) mass is 207 g/mol.